The van der Waals surface area contributed by atoms with Gasteiger partial charge in [-0.05, 0) is 68.4 Å². The van der Waals surface area contributed by atoms with Crippen LogP contribution in [-0.4, -0.2) is 34.2 Å². The molecule has 34 heavy (non-hydrogen) atoms. The maximum atomic E-state index is 13.1. The van der Waals surface area contributed by atoms with Gasteiger partial charge in [0.05, 0.1) is 11.8 Å². The largest absolute Gasteiger partial charge is 0.491 e. The standard InChI is InChI=1S/C26H33N3O3S2/c1-19(2)32-24-14-13-22(29(3)34(30,31)25-12-8-16-33-25)17-21(24)18-28-23-11-7-15-27-26(23)20-9-5-4-6-10-20/h4-6,8-10,12-14,16-17,19,23,26-28H,7,11,15,18H2,1-3H3/t23-,26-/m0/s1. The van der Waals surface area contributed by atoms with E-state index in [9.17, 15) is 8.42 Å². The first-order valence-electron chi connectivity index (χ1n) is 11.7. The van der Waals surface area contributed by atoms with Crippen LogP contribution in [0.4, 0.5) is 5.69 Å². The summed E-state index contributed by atoms with van der Waals surface area (Å²) in [5, 5.41) is 9.15. The van der Waals surface area contributed by atoms with E-state index in [1.807, 2.05) is 32.0 Å². The number of nitrogens with one attached hydrogen (secondary N) is 2. The lowest BCUT2D eigenvalue weighted by Crippen LogP contribution is -2.45. The molecule has 1 aliphatic rings. The van der Waals surface area contributed by atoms with E-state index in [0.717, 1.165) is 30.7 Å². The number of ether oxygens (including phenoxy) is 1. The predicted octanol–water partition coefficient (Wildman–Crippen LogP) is 4.94. The van der Waals surface area contributed by atoms with Crippen molar-refractivity contribution >= 4 is 27.0 Å². The Labute approximate surface area is 207 Å². The molecule has 1 saturated heterocycles. The summed E-state index contributed by atoms with van der Waals surface area (Å²) in [6, 6.07) is 20.0. The monoisotopic (exact) mass is 499 g/mol. The number of rotatable bonds is 9. The molecule has 0 unspecified atom stereocenters. The molecular formula is C26H33N3O3S2. The topological polar surface area (TPSA) is 70.7 Å². The summed E-state index contributed by atoms with van der Waals surface area (Å²) < 4.78 is 33.8. The Kier molecular flexibility index (Phi) is 7.93. The molecule has 1 aliphatic heterocycles. The first kappa shape index (κ1) is 24.7. The van der Waals surface area contributed by atoms with Gasteiger partial charge < -0.3 is 15.4 Å². The third kappa shape index (κ3) is 5.63. The molecule has 8 heteroatoms. The van der Waals surface area contributed by atoms with Crippen molar-refractivity contribution in [1.29, 1.82) is 0 Å². The molecule has 182 valence electrons. The van der Waals surface area contributed by atoms with Crippen molar-refractivity contribution in [1.82, 2.24) is 10.6 Å². The summed E-state index contributed by atoms with van der Waals surface area (Å²) in [4.78, 5) is 0. The summed E-state index contributed by atoms with van der Waals surface area (Å²) in [5.74, 6) is 0.771. The van der Waals surface area contributed by atoms with Gasteiger partial charge >= 0.3 is 0 Å². The minimum atomic E-state index is -3.60. The van der Waals surface area contributed by atoms with E-state index in [4.69, 9.17) is 4.74 Å². The van der Waals surface area contributed by atoms with Crippen LogP contribution in [0.15, 0.2) is 70.3 Å². The van der Waals surface area contributed by atoms with E-state index < -0.39 is 10.0 Å². The highest BCUT2D eigenvalue weighted by molar-refractivity contribution is 7.94. The lowest BCUT2D eigenvalue weighted by atomic mass is 9.92. The summed E-state index contributed by atoms with van der Waals surface area (Å²) in [5.41, 5.74) is 2.83. The zero-order valence-corrected chi connectivity index (χ0v) is 21.5. The van der Waals surface area contributed by atoms with Crippen molar-refractivity contribution in [2.75, 3.05) is 17.9 Å². The van der Waals surface area contributed by atoms with Gasteiger partial charge in [-0.25, -0.2) is 8.42 Å². The molecule has 2 atom stereocenters. The molecule has 0 aliphatic carbocycles. The van der Waals surface area contributed by atoms with Crippen LogP contribution < -0.4 is 19.7 Å². The van der Waals surface area contributed by atoms with Gasteiger partial charge in [-0.3, -0.25) is 4.31 Å². The van der Waals surface area contributed by atoms with E-state index in [-0.39, 0.29) is 18.2 Å². The summed E-state index contributed by atoms with van der Waals surface area (Å²) in [6.07, 6.45) is 2.20. The van der Waals surface area contributed by atoms with Gasteiger partial charge in [0.25, 0.3) is 10.0 Å². The molecule has 0 amide bonds. The highest BCUT2D eigenvalue weighted by Gasteiger charge is 2.27. The number of sulfonamides is 1. The zero-order chi connectivity index (χ0) is 24.1. The van der Waals surface area contributed by atoms with Gasteiger partial charge in [-0.15, -0.1) is 11.3 Å². The first-order valence-corrected chi connectivity index (χ1v) is 14.0. The van der Waals surface area contributed by atoms with E-state index in [2.05, 4.69) is 34.9 Å². The number of benzene rings is 2. The van der Waals surface area contributed by atoms with Gasteiger partial charge in [-0.1, -0.05) is 36.4 Å². The quantitative estimate of drug-likeness (QED) is 0.436. The molecular weight excluding hydrogens is 466 g/mol. The van der Waals surface area contributed by atoms with E-state index in [0.29, 0.717) is 16.4 Å². The van der Waals surface area contributed by atoms with Crippen LogP contribution in [0.3, 0.4) is 0 Å². The molecule has 4 rings (SSSR count). The SMILES string of the molecule is CC(C)Oc1ccc(N(C)S(=O)(=O)c2cccs2)cc1CN[C@H]1CCCN[C@H]1c1ccccc1. The van der Waals surface area contributed by atoms with Crippen LogP contribution in [-0.2, 0) is 16.6 Å². The van der Waals surface area contributed by atoms with Gasteiger partial charge in [-0.2, -0.15) is 0 Å². The Morgan fingerprint density at radius 2 is 1.94 bits per heavy atom. The van der Waals surface area contributed by atoms with Crippen molar-refractivity contribution < 1.29 is 13.2 Å². The van der Waals surface area contributed by atoms with E-state index in [1.165, 1.54) is 21.2 Å². The van der Waals surface area contributed by atoms with Crippen molar-refractivity contribution in [2.24, 2.45) is 0 Å². The molecule has 3 aromatic rings. The van der Waals surface area contributed by atoms with Crippen LogP contribution in [0, 0.1) is 0 Å². The molecule has 0 bridgehead atoms. The Morgan fingerprint density at radius 3 is 2.65 bits per heavy atom. The molecule has 2 aromatic carbocycles. The molecule has 2 heterocycles. The molecule has 2 N–H and O–H groups in total. The Hall–Kier alpha value is -2.39. The maximum Gasteiger partial charge on any atom is 0.273 e. The number of piperidine rings is 1. The lowest BCUT2D eigenvalue weighted by molar-refractivity contribution is 0.238. The van der Waals surface area contributed by atoms with E-state index >= 15 is 0 Å². The molecule has 1 aromatic heterocycles. The van der Waals surface area contributed by atoms with Crippen LogP contribution >= 0.6 is 11.3 Å². The molecule has 6 nitrogen and oxygen atoms in total. The van der Waals surface area contributed by atoms with Crippen LogP contribution in [0.2, 0.25) is 0 Å². The van der Waals surface area contributed by atoms with Crippen molar-refractivity contribution in [3.8, 4) is 5.75 Å². The lowest BCUT2D eigenvalue weighted by Gasteiger charge is -2.34. The van der Waals surface area contributed by atoms with Crippen molar-refractivity contribution in [3.63, 3.8) is 0 Å². The van der Waals surface area contributed by atoms with Gasteiger partial charge in [0.15, 0.2) is 0 Å². The molecule has 0 spiro atoms. The fourth-order valence-electron chi connectivity index (χ4n) is 4.31. The highest BCUT2D eigenvalue weighted by atomic mass is 32.2. The number of hydrogen-bond acceptors (Lipinski definition) is 6. The first-order chi connectivity index (χ1) is 16.4. The predicted molar refractivity (Wildman–Crippen MR) is 139 cm³/mol. The van der Waals surface area contributed by atoms with Gasteiger partial charge in [0.1, 0.15) is 9.96 Å². The fraction of sp³-hybridized carbons (Fsp3) is 0.385. The second kappa shape index (κ2) is 10.9. The molecule has 0 radical (unpaired) electrons. The molecule has 1 fully saturated rings. The third-order valence-corrected chi connectivity index (χ3v) is 9.21. The van der Waals surface area contributed by atoms with Crippen LogP contribution in [0.1, 0.15) is 43.9 Å². The Morgan fingerprint density at radius 1 is 1.15 bits per heavy atom. The summed E-state index contributed by atoms with van der Waals surface area (Å²) in [6.45, 7) is 5.57. The fourth-order valence-corrected chi connectivity index (χ4v) is 6.66. The summed E-state index contributed by atoms with van der Waals surface area (Å²) in [7, 11) is -2.00. The highest BCUT2D eigenvalue weighted by Crippen LogP contribution is 2.31. The van der Waals surface area contributed by atoms with E-state index in [1.54, 1.807) is 30.6 Å². The second-order valence-electron chi connectivity index (χ2n) is 8.84. The minimum absolute atomic E-state index is 0.0191. The average Bonchev–Trinajstić information content (AvgIpc) is 3.39. The van der Waals surface area contributed by atoms with Crippen molar-refractivity contribution in [2.45, 2.75) is 55.6 Å². The summed E-state index contributed by atoms with van der Waals surface area (Å²) >= 11 is 1.22. The van der Waals surface area contributed by atoms with Gasteiger partial charge in [0.2, 0.25) is 0 Å². The van der Waals surface area contributed by atoms with Crippen LogP contribution in [0.5, 0.6) is 5.75 Å². The average molecular weight is 500 g/mol. The smallest absolute Gasteiger partial charge is 0.273 e. The van der Waals surface area contributed by atoms with Gasteiger partial charge in [0, 0.05) is 31.2 Å². The second-order valence-corrected chi connectivity index (χ2v) is 12.0. The molecule has 0 saturated carbocycles. The number of anilines is 1. The zero-order valence-electron chi connectivity index (χ0n) is 19.9. The van der Waals surface area contributed by atoms with Crippen LogP contribution in [0.25, 0.3) is 0 Å². The number of thiophene rings is 1. The van der Waals surface area contributed by atoms with Crippen molar-refractivity contribution in [3.05, 3.63) is 77.2 Å². The Balaban J connectivity index is 1.58. The Bertz CT molecular complexity index is 1170. The number of hydrogen-bond donors (Lipinski definition) is 2. The minimum Gasteiger partial charge on any atom is -0.491 e. The maximum absolute atomic E-state index is 13.1. The normalized spacial score (nSPS) is 18.7. The number of nitrogens with zero attached hydrogens (tertiary/aromatic N) is 1. The third-order valence-electron chi connectivity index (χ3n) is 6.05.